The zero-order valence-corrected chi connectivity index (χ0v) is 12.3. The third-order valence-corrected chi connectivity index (χ3v) is 4.75. The maximum absolute atomic E-state index is 3.80. The molecule has 0 spiro atoms. The molecule has 1 fully saturated rings. The van der Waals surface area contributed by atoms with E-state index in [9.17, 15) is 0 Å². The van der Waals surface area contributed by atoms with Crippen LogP contribution >= 0.6 is 11.8 Å². The quantitative estimate of drug-likeness (QED) is 0.723. The molecule has 0 saturated heterocycles. The van der Waals surface area contributed by atoms with E-state index in [4.69, 9.17) is 0 Å². The largest absolute Gasteiger partial charge is 0.311 e. The minimum absolute atomic E-state index is 0.712. The predicted molar refractivity (Wildman–Crippen MR) is 76.2 cm³/mol. The lowest BCUT2D eigenvalue weighted by Crippen LogP contribution is -2.35. The maximum atomic E-state index is 3.80. The van der Waals surface area contributed by atoms with E-state index in [1.807, 2.05) is 11.8 Å². The van der Waals surface area contributed by atoms with Crippen LogP contribution in [0.15, 0.2) is 0 Å². The van der Waals surface area contributed by atoms with Crippen LogP contribution in [0.3, 0.4) is 0 Å². The minimum Gasteiger partial charge on any atom is -0.311 e. The van der Waals surface area contributed by atoms with E-state index in [-0.39, 0.29) is 0 Å². The molecule has 2 heteroatoms. The van der Waals surface area contributed by atoms with Crippen molar-refractivity contribution in [3.05, 3.63) is 0 Å². The van der Waals surface area contributed by atoms with Gasteiger partial charge in [-0.3, -0.25) is 0 Å². The molecule has 1 saturated carbocycles. The zero-order chi connectivity index (χ0) is 12.0. The molecule has 1 nitrogen and oxygen atoms in total. The van der Waals surface area contributed by atoms with Crippen LogP contribution in [-0.2, 0) is 0 Å². The lowest BCUT2D eigenvalue weighted by molar-refractivity contribution is 0.408. The first-order chi connectivity index (χ1) is 7.61. The summed E-state index contributed by atoms with van der Waals surface area (Å²) in [6, 6.07) is 1.51. The molecule has 0 aliphatic heterocycles. The highest BCUT2D eigenvalue weighted by Crippen LogP contribution is 2.28. The topological polar surface area (TPSA) is 12.0 Å². The molecular weight excluding hydrogens is 214 g/mol. The fourth-order valence-corrected chi connectivity index (χ4v) is 3.42. The Morgan fingerprint density at radius 2 is 1.94 bits per heavy atom. The van der Waals surface area contributed by atoms with Crippen LogP contribution in [0.2, 0.25) is 0 Å². The first-order valence-electron chi connectivity index (χ1n) is 6.90. The summed E-state index contributed by atoms with van der Waals surface area (Å²) in [4.78, 5) is 0. The van der Waals surface area contributed by atoms with Crippen molar-refractivity contribution in [1.29, 1.82) is 0 Å². The summed E-state index contributed by atoms with van der Waals surface area (Å²) in [6.45, 7) is 6.99. The fourth-order valence-electron chi connectivity index (χ4n) is 2.62. The van der Waals surface area contributed by atoms with Crippen molar-refractivity contribution in [1.82, 2.24) is 5.32 Å². The minimum atomic E-state index is 0.712. The Hall–Kier alpha value is 0.310. The van der Waals surface area contributed by atoms with Crippen LogP contribution in [0.5, 0.6) is 0 Å². The summed E-state index contributed by atoms with van der Waals surface area (Å²) >= 11 is 2.05. The number of hydrogen-bond acceptors (Lipinski definition) is 2. The van der Waals surface area contributed by atoms with E-state index >= 15 is 0 Å². The Labute approximate surface area is 106 Å². The van der Waals surface area contributed by atoms with Gasteiger partial charge in [-0.05, 0) is 44.8 Å². The maximum Gasteiger partial charge on any atom is 0.00804 e. The summed E-state index contributed by atoms with van der Waals surface area (Å²) in [6.07, 6.45) is 10.5. The Kier molecular flexibility index (Phi) is 6.83. The third-order valence-electron chi connectivity index (χ3n) is 3.66. The molecular formula is C14H29NS. The molecule has 0 amide bonds. The van der Waals surface area contributed by atoms with Gasteiger partial charge in [0.05, 0.1) is 0 Å². The monoisotopic (exact) mass is 243 g/mol. The van der Waals surface area contributed by atoms with Crippen molar-refractivity contribution in [2.45, 2.75) is 76.6 Å². The Bertz CT molecular complexity index is 182. The van der Waals surface area contributed by atoms with Crippen molar-refractivity contribution < 1.29 is 0 Å². The lowest BCUT2D eigenvalue weighted by atomic mass is 10.0. The van der Waals surface area contributed by atoms with E-state index in [1.54, 1.807) is 0 Å². The zero-order valence-electron chi connectivity index (χ0n) is 11.5. The molecule has 1 rings (SSSR count). The lowest BCUT2D eigenvalue weighted by Gasteiger charge is -2.19. The molecule has 0 aromatic carbocycles. The van der Waals surface area contributed by atoms with Crippen LogP contribution in [0.1, 0.15) is 59.3 Å². The van der Waals surface area contributed by atoms with Gasteiger partial charge in [0, 0.05) is 17.3 Å². The number of hydrogen-bond donors (Lipinski definition) is 1. The van der Waals surface area contributed by atoms with Gasteiger partial charge in [0.15, 0.2) is 0 Å². The normalized spacial score (nSPS) is 27.6. The highest BCUT2D eigenvalue weighted by atomic mass is 32.2. The summed E-state index contributed by atoms with van der Waals surface area (Å²) < 4.78 is 0. The van der Waals surface area contributed by atoms with Gasteiger partial charge in [-0.25, -0.2) is 0 Å². The second-order valence-corrected chi connectivity index (χ2v) is 6.90. The average Bonchev–Trinajstić information content (AvgIpc) is 2.65. The van der Waals surface area contributed by atoms with Crippen LogP contribution in [0.25, 0.3) is 0 Å². The Morgan fingerprint density at radius 1 is 1.19 bits per heavy atom. The second kappa shape index (κ2) is 7.60. The van der Waals surface area contributed by atoms with Crippen molar-refractivity contribution in [3.8, 4) is 0 Å². The van der Waals surface area contributed by atoms with E-state index in [0.717, 1.165) is 17.2 Å². The standard InChI is InChI=1S/C14H29NS/c1-11(2)6-5-7-12(3)15-13-8-9-14(10-13)16-4/h11-15H,5-10H2,1-4H3. The fraction of sp³-hybridized carbons (Fsp3) is 1.00. The molecule has 96 valence electrons. The average molecular weight is 243 g/mol. The van der Waals surface area contributed by atoms with Crippen LogP contribution in [-0.4, -0.2) is 23.6 Å². The van der Waals surface area contributed by atoms with Crippen LogP contribution in [0.4, 0.5) is 0 Å². The third kappa shape index (κ3) is 5.58. The Morgan fingerprint density at radius 3 is 2.50 bits per heavy atom. The van der Waals surface area contributed by atoms with E-state index in [2.05, 4.69) is 32.3 Å². The molecule has 3 atom stereocenters. The van der Waals surface area contributed by atoms with Gasteiger partial charge in [0.1, 0.15) is 0 Å². The van der Waals surface area contributed by atoms with Gasteiger partial charge in [-0.2, -0.15) is 11.8 Å². The highest BCUT2D eigenvalue weighted by Gasteiger charge is 2.24. The van der Waals surface area contributed by atoms with Crippen molar-refractivity contribution >= 4 is 11.8 Å². The molecule has 0 radical (unpaired) electrons. The number of nitrogens with one attached hydrogen (secondary N) is 1. The predicted octanol–water partition coefficient (Wildman–Crippen LogP) is 4.07. The second-order valence-electron chi connectivity index (χ2n) is 5.76. The first kappa shape index (κ1) is 14.4. The van der Waals surface area contributed by atoms with Gasteiger partial charge in [0.25, 0.3) is 0 Å². The van der Waals surface area contributed by atoms with Crippen LogP contribution < -0.4 is 5.32 Å². The van der Waals surface area contributed by atoms with E-state index < -0.39 is 0 Å². The molecule has 3 unspecified atom stereocenters. The van der Waals surface area contributed by atoms with Gasteiger partial charge >= 0.3 is 0 Å². The van der Waals surface area contributed by atoms with Gasteiger partial charge in [-0.1, -0.05) is 26.7 Å². The molecule has 16 heavy (non-hydrogen) atoms. The van der Waals surface area contributed by atoms with Gasteiger partial charge in [-0.15, -0.1) is 0 Å². The summed E-state index contributed by atoms with van der Waals surface area (Å²) in [7, 11) is 0. The first-order valence-corrected chi connectivity index (χ1v) is 8.19. The molecule has 0 heterocycles. The summed E-state index contributed by atoms with van der Waals surface area (Å²) in [5, 5.41) is 4.72. The molecule has 0 aromatic heterocycles. The number of thioether (sulfide) groups is 1. The summed E-state index contributed by atoms with van der Waals surface area (Å²) in [5.74, 6) is 0.861. The molecule has 1 aliphatic carbocycles. The molecule has 1 N–H and O–H groups in total. The number of rotatable bonds is 7. The van der Waals surface area contributed by atoms with Crippen molar-refractivity contribution in [3.63, 3.8) is 0 Å². The molecule has 0 bridgehead atoms. The molecule has 1 aliphatic rings. The van der Waals surface area contributed by atoms with E-state index in [1.165, 1.54) is 38.5 Å². The molecule has 0 aromatic rings. The van der Waals surface area contributed by atoms with Gasteiger partial charge < -0.3 is 5.32 Å². The van der Waals surface area contributed by atoms with Crippen LogP contribution in [0, 0.1) is 5.92 Å². The van der Waals surface area contributed by atoms with Crippen molar-refractivity contribution in [2.75, 3.05) is 6.26 Å². The SMILES string of the molecule is CSC1CCC(NC(C)CCCC(C)C)C1. The Balaban J connectivity index is 2.08. The van der Waals surface area contributed by atoms with Gasteiger partial charge in [0.2, 0.25) is 0 Å². The smallest absolute Gasteiger partial charge is 0.00804 e. The van der Waals surface area contributed by atoms with E-state index in [0.29, 0.717) is 6.04 Å². The van der Waals surface area contributed by atoms with Crippen molar-refractivity contribution in [2.24, 2.45) is 5.92 Å². The summed E-state index contributed by atoms with van der Waals surface area (Å²) in [5.41, 5.74) is 0. The highest BCUT2D eigenvalue weighted by molar-refractivity contribution is 7.99.